The number of methoxy groups -OCH3 is 1. The summed E-state index contributed by atoms with van der Waals surface area (Å²) in [6.07, 6.45) is 2.62. The quantitative estimate of drug-likeness (QED) is 0.801. The molecule has 31 heavy (non-hydrogen) atoms. The van der Waals surface area contributed by atoms with Gasteiger partial charge in [-0.3, -0.25) is 4.90 Å². The highest BCUT2D eigenvalue weighted by molar-refractivity contribution is 5.71. The maximum Gasteiger partial charge on any atom is 0.408 e. The zero-order valence-electron chi connectivity index (χ0n) is 18.2. The number of amides is 1. The average molecular weight is 423 g/mol. The monoisotopic (exact) mass is 422 g/mol. The van der Waals surface area contributed by atoms with E-state index in [9.17, 15) is 4.79 Å². The lowest BCUT2D eigenvalue weighted by Gasteiger charge is -2.44. The van der Waals surface area contributed by atoms with Gasteiger partial charge in [-0.05, 0) is 68.1 Å². The number of carbonyl (C=O) groups excluding carboxylic acids is 1. The van der Waals surface area contributed by atoms with E-state index < -0.39 is 5.54 Å². The van der Waals surface area contributed by atoms with Crippen molar-refractivity contribution < 1.29 is 19.0 Å². The second-order valence-corrected chi connectivity index (χ2v) is 9.08. The number of fused-ring (bicyclic) bond motifs is 4. The molecule has 3 saturated heterocycles. The van der Waals surface area contributed by atoms with Gasteiger partial charge < -0.3 is 19.5 Å². The van der Waals surface area contributed by atoms with Crippen LogP contribution in [-0.2, 0) is 10.3 Å². The number of nitrogens with zero attached hydrogens (tertiary/aromatic N) is 1. The van der Waals surface area contributed by atoms with Gasteiger partial charge in [-0.1, -0.05) is 24.3 Å². The van der Waals surface area contributed by atoms with Crippen LogP contribution >= 0.6 is 0 Å². The summed E-state index contributed by atoms with van der Waals surface area (Å²) in [5.41, 5.74) is 2.58. The second kappa shape index (κ2) is 8.08. The zero-order chi connectivity index (χ0) is 21.4. The Balaban J connectivity index is 1.33. The number of ether oxygens (including phenoxy) is 3. The van der Waals surface area contributed by atoms with Crippen LogP contribution in [0.4, 0.5) is 4.79 Å². The molecule has 0 radical (unpaired) electrons. The molecule has 2 bridgehead atoms. The van der Waals surface area contributed by atoms with Gasteiger partial charge in [0.05, 0.1) is 19.3 Å². The van der Waals surface area contributed by atoms with E-state index in [4.69, 9.17) is 14.2 Å². The van der Waals surface area contributed by atoms with Crippen LogP contribution in [0.25, 0.3) is 11.1 Å². The van der Waals surface area contributed by atoms with Gasteiger partial charge in [-0.2, -0.15) is 0 Å². The minimum Gasteiger partial charge on any atom is -0.497 e. The zero-order valence-corrected chi connectivity index (χ0v) is 18.2. The normalized spacial score (nSPS) is 28.9. The summed E-state index contributed by atoms with van der Waals surface area (Å²) in [5, 5.41) is 3.16. The van der Waals surface area contributed by atoms with Gasteiger partial charge in [0.1, 0.15) is 17.6 Å². The van der Waals surface area contributed by atoms with Crippen LogP contribution in [-0.4, -0.2) is 50.4 Å². The molecule has 0 aliphatic carbocycles. The maximum absolute atomic E-state index is 12.8. The number of piperidine rings is 3. The Morgan fingerprint density at radius 2 is 1.97 bits per heavy atom. The van der Waals surface area contributed by atoms with Gasteiger partial charge in [0.25, 0.3) is 0 Å². The molecular formula is C25H30N2O4. The molecule has 4 aliphatic heterocycles. The van der Waals surface area contributed by atoms with Crippen LogP contribution in [0.1, 0.15) is 31.7 Å². The lowest BCUT2D eigenvalue weighted by atomic mass is 9.85. The van der Waals surface area contributed by atoms with E-state index >= 15 is 0 Å². The molecule has 1 amide bonds. The molecule has 164 valence electrons. The van der Waals surface area contributed by atoms with Crippen LogP contribution in [0.2, 0.25) is 0 Å². The Morgan fingerprint density at radius 3 is 2.71 bits per heavy atom. The molecule has 3 fully saturated rings. The second-order valence-electron chi connectivity index (χ2n) is 9.08. The highest BCUT2D eigenvalue weighted by Gasteiger charge is 2.39. The highest BCUT2D eigenvalue weighted by atomic mass is 16.6. The number of hydrogen-bond acceptors (Lipinski definition) is 5. The summed E-state index contributed by atoms with van der Waals surface area (Å²) in [5.74, 6) is 2.12. The first-order chi connectivity index (χ1) is 15.0. The van der Waals surface area contributed by atoms with Crippen LogP contribution in [0.5, 0.6) is 11.5 Å². The van der Waals surface area contributed by atoms with Crippen molar-refractivity contribution in [3.63, 3.8) is 0 Å². The van der Waals surface area contributed by atoms with Crippen molar-refractivity contribution in [2.75, 3.05) is 33.4 Å². The number of alkyl carbamates (subject to hydrolysis) is 1. The first-order valence-electron chi connectivity index (χ1n) is 11.2. The molecule has 4 heterocycles. The lowest BCUT2D eigenvalue weighted by molar-refractivity contribution is -0.0358. The Labute approximate surface area is 183 Å². The van der Waals surface area contributed by atoms with Gasteiger partial charge >= 0.3 is 6.09 Å². The predicted octanol–water partition coefficient (Wildman–Crippen LogP) is 4.18. The molecule has 2 aromatic carbocycles. The van der Waals surface area contributed by atoms with Crippen LogP contribution in [0, 0.1) is 5.92 Å². The van der Waals surface area contributed by atoms with Crippen molar-refractivity contribution in [2.45, 2.75) is 37.8 Å². The SMILES string of the molecule is COc1cccc(-c2ccc3c(c2)OCCC3(C)NC(=O)O[C@@H]2CN3CCC2CC3)c1. The van der Waals surface area contributed by atoms with E-state index in [1.165, 1.54) is 0 Å². The number of carbonyl (C=O) groups is 1. The molecule has 6 nitrogen and oxygen atoms in total. The van der Waals surface area contributed by atoms with E-state index in [1.54, 1.807) is 7.11 Å². The largest absolute Gasteiger partial charge is 0.497 e. The molecule has 2 aromatic rings. The average Bonchev–Trinajstić information content (AvgIpc) is 2.79. The van der Waals surface area contributed by atoms with Crippen LogP contribution in [0.3, 0.4) is 0 Å². The first-order valence-corrected chi connectivity index (χ1v) is 11.2. The minimum absolute atomic E-state index is 0.000785. The summed E-state index contributed by atoms with van der Waals surface area (Å²) in [4.78, 5) is 15.2. The fraction of sp³-hybridized carbons (Fsp3) is 0.480. The molecule has 1 N–H and O–H groups in total. The van der Waals surface area contributed by atoms with Gasteiger partial charge in [0.15, 0.2) is 0 Å². The predicted molar refractivity (Wildman–Crippen MR) is 118 cm³/mol. The van der Waals surface area contributed by atoms with Gasteiger partial charge in [-0.25, -0.2) is 4.79 Å². The summed E-state index contributed by atoms with van der Waals surface area (Å²) in [6, 6.07) is 14.1. The Morgan fingerprint density at radius 1 is 1.16 bits per heavy atom. The van der Waals surface area contributed by atoms with Crippen LogP contribution < -0.4 is 14.8 Å². The number of rotatable bonds is 4. The number of benzene rings is 2. The van der Waals surface area contributed by atoms with Gasteiger partial charge in [0.2, 0.25) is 0 Å². The van der Waals surface area contributed by atoms with Gasteiger partial charge in [0, 0.05) is 18.5 Å². The summed E-state index contributed by atoms with van der Waals surface area (Å²) in [6.45, 7) is 5.72. The van der Waals surface area contributed by atoms with E-state index in [-0.39, 0.29) is 12.2 Å². The molecule has 0 saturated carbocycles. The maximum atomic E-state index is 12.8. The third kappa shape index (κ3) is 3.97. The topological polar surface area (TPSA) is 60.0 Å². The van der Waals surface area contributed by atoms with Crippen molar-refractivity contribution in [2.24, 2.45) is 5.92 Å². The summed E-state index contributed by atoms with van der Waals surface area (Å²) >= 11 is 0. The molecule has 6 heteroatoms. The van der Waals surface area contributed by atoms with E-state index in [0.29, 0.717) is 18.9 Å². The molecule has 2 atom stereocenters. The van der Waals surface area contributed by atoms with E-state index in [0.717, 1.165) is 60.7 Å². The van der Waals surface area contributed by atoms with Crippen molar-refractivity contribution >= 4 is 6.09 Å². The lowest BCUT2D eigenvalue weighted by Crippen LogP contribution is -2.54. The van der Waals surface area contributed by atoms with Crippen molar-refractivity contribution in [1.82, 2.24) is 10.2 Å². The standard InChI is InChI=1S/C25H30N2O4/c1-25(26-24(28)31-23-16-27-11-8-17(23)9-12-27)10-13-30-22-15-19(6-7-21(22)25)18-4-3-5-20(14-18)29-2/h3-7,14-15,17,23H,8-13,16H2,1-2H3,(H,26,28)/t23-,25?/m1/s1. The van der Waals surface area contributed by atoms with E-state index in [2.05, 4.69) is 35.3 Å². The number of nitrogens with one attached hydrogen (secondary N) is 1. The summed E-state index contributed by atoms with van der Waals surface area (Å²) < 4.78 is 17.2. The summed E-state index contributed by atoms with van der Waals surface area (Å²) in [7, 11) is 1.67. The fourth-order valence-corrected chi connectivity index (χ4v) is 5.15. The first kappa shape index (κ1) is 20.2. The number of hydrogen-bond donors (Lipinski definition) is 1. The molecular weight excluding hydrogens is 392 g/mol. The van der Waals surface area contributed by atoms with Crippen molar-refractivity contribution in [1.29, 1.82) is 0 Å². The Hall–Kier alpha value is -2.73. The highest BCUT2D eigenvalue weighted by Crippen LogP contribution is 2.40. The molecule has 6 rings (SSSR count). The third-order valence-corrected chi connectivity index (χ3v) is 7.07. The third-order valence-electron chi connectivity index (χ3n) is 7.07. The Kier molecular flexibility index (Phi) is 5.26. The minimum atomic E-state index is -0.522. The molecule has 1 unspecified atom stereocenters. The Bertz CT molecular complexity index is 970. The molecule has 0 aromatic heterocycles. The molecule has 4 aliphatic rings. The van der Waals surface area contributed by atoms with Crippen molar-refractivity contribution in [3.8, 4) is 22.6 Å². The van der Waals surface area contributed by atoms with Crippen LogP contribution in [0.15, 0.2) is 42.5 Å². The molecule has 0 spiro atoms. The smallest absolute Gasteiger partial charge is 0.408 e. The van der Waals surface area contributed by atoms with E-state index in [1.807, 2.05) is 24.3 Å². The van der Waals surface area contributed by atoms with Crippen molar-refractivity contribution in [3.05, 3.63) is 48.0 Å². The van der Waals surface area contributed by atoms with Gasteiger partial charge in [-0.15, -0.1) is 0 Å². The fourth-order valence-electron chi connectivity index (χ4n) is 5.15.